The third-order valence-corrected chi connectivity index (χ3v) is 6.44. The van der Waals surface area contributed by atoms with Crippen LogP contribution in [0.3, 0.4) is 0 Å². The van der Waals surface area contributed by atoms with Crippen LogP contribution < -0.4 is 0 Å². The smallest absolute Gasteiger partial charge is 0.410 e. The number of carbonyl (C=O) groups excluding carboxylic acids is 2. The van der Waals surface area contributed by atoms with Gasteiger partial charge in [-0.1, -0.05) is 55.7 Å². The second kappa shape index (κ2) is 11.2. The lowest BCUT2D eigenvalue weighted by molar-refractivity contribution is -0.125. The molecule has 2 fully saturated rings. The number of ether oxygens (including phenoxy) is 1. The SMILES string of the molecule is C=CCCCCCCCC(=O)C1CC2CCC(C1)N2C(=O)OCc1ccccc1. The number of unbranched alkanes of at least 4 members (excludes halogenated alkanes) is 5. The quantitative estimate of drug-likeness (QED) is 0.337. The van der Waals surface area contributed by atoms with Gasteiger partial charge in [-0.25, -0.2) is 4.79 Å². The number of Topliss-reactive ketones (excluding diaryl/α,β-unsaturated/α-hetero) is 1. The molecular weight excluding hydrogens is 362 g/mol. The van der Waals surface area contributed by atoms with E-state index in [0.29, 0.717) is 18.8 Å². The van der Waals surface area contributed by atoms with E-state index in [-0.39, 0.29) is 24.1 Å². The molecule has 0 saturated carbocycles. The molecule has 0 aromatic heterocycles. The Morgan fingerprint density at radius 3 is 2.34 bits per heavy atom. The highest BCUT2D eigenvalue weighted by Gasteiger charge is 2.45. The minimum Gasteiger partial charge on any atom is -0.445 e. The van der Waals surface area contributed by atoms with Gasteiger partial charge in [0.05, 0.1) is 0 Å². The number of hydrogen-bond acceptors (Lipinski definition) is 3. The van der Waals surface area contributed by atoms with E-state index in [9.17, 15) is 9.59 Å². The minimum absolute atomic E-state index is 0.131. The first kappa shape index (κ1) is 21.6. The molecule has 2 aliphatic rings. The molecule has 0 N–H and O–H groups in total. The third kappa shape index (κ3) is 6.19. The van der Waals surface area contributed by atoms with Gasteiger partial charge in [0.25, 0.3) is 0 Å². The first-order chi connectivity index (χ1) is 14.2. The van der Waals surface area contributed by atoms with Crippen molar-refractivity contribution in [2.75, 3.05) is 0 Å². The fraction of sp³-hybridized carbons (Fsp3) is 0.600. The van der Waals surface area contributed by atoms with Crippen LogP contribution in [0.15, 0.2) is 43.0 Å². The van der Waals surface area contributed by atoms with Crippen LogP contribution in [0, 0.1) is 5.92 Å². The van der Waals surface area contributed by atoms with Crippen LogP contribution in [0.2, 0.25) is 0 Å². The highest BCUT2D eigenvalue weighted by atomic mass is 16.6. The molecule has 0 aliphatic carbocycles. The number of amides is 1. The summed E-state index contributed by atoms with van der Waals surface area (Å²) in [4.78, 5) is 27.3. The van der Waals surface area contributed by atoms with Crippen LogP contribution in [-0.4, -0.2) is 28.9 Å². The molecule has 2 saturated heterocycles. The number of piperidine rings is 1. The summed E-state index contributed by atoms with van der Waals surface area (Å²) in [7, 11) is 0. The van der Waals surface area contributed by atoms with Crippen molar-refractivity contribution < 1.29 is 14.3 Å². The Balaban J connectivity index is 1.39. The Morgan fingerprint density at radius 1 is 1.00 bits per heavy atom. The predicted molar refractivity (Wildman–Crippen MR) is 116 cm³/mol. The van der Waals surface area contributed by atoms with E-state index in [0.717, 1.165) is 50.5 Å². The van der Waals surface area contributed by atoms with Crippen LogP contribution >= 0.6 is 0 Å². The van der Waals surface area contributed by atoms with Gasteiger partial charge in [0.1, 0.15) is 12.4 Å². The number of rotatable bonds is 11. The molecule has 4 nitrogen and oxygen atoms in total. The molecule has 158 valence electrons. The van der Waals surface area contributed by atoms with Gasteiger partial charge >= 0.3 is 6.09 Å². The van der Waals surface area contributed by atoms with Crippen molar-refractivity contribution in [1.82, 2.24) is 4.90 Å². The van der Waals surface area contributed by atoms with Gasteiger partial charge in [-0.15, -0.1) is 6.58 Å². The normalized spacial score (nSPS) is 23.0. The predicted octanol–water partition coefficient (Wildman–Crippen LogP) is 6.05. The van der Waals surface area contributed by atoms with Crippen molar-refractivity contribution in [3.63, 3.8) is 0 Å². The molecule has 2 aliphatic heterocycles. The Kier molecular flexibility index (Phi) is 8.33. The van der Waals surface area contributed by atoms with Crippen molar-refractivity contribution >= 4 is 11.9 Å². The second-order valence-electron chi connectivity index (χ2n) is 8.56. The highest BCUT2D eigenvalue weighted by Crippen LogP contribution is 2.40. The van der Waals surface area contributed by atoms with Crippen LogP contribution in [0.25, 0.3) is 0 Å². The van der Waals surface area contributed by atoms with Gasteiger partial charge in [0.15, 0.2) is 0 Å². The Hall–Kier alpha value is -2.10. The number of ketones is 1. The van der Waals surface area contributed by atoms with E-state index in [2.05, 4.69) is 6.58 Å². The number of carbonyl (C=O) groups is 2. The summed E-state index contributed by atoms with van der Waals surface area (Å²) in [5.41, 5.74) is 1.00. The number of hydrogen-bond donors (Lipinski definition) is 0. The van der Waals surface area contributed by atoms with Crippen LogP contribution in [0.4, 0.5) is 4.79 Å². The topological polar surface area (TPSA) is 46.6 Å². The fourth-order valence-corrected chi connectivity index (χ4v) is 4.85. The largest absolute Gasteiger partial charge is 0.445 e. The number of allylic oxidation sites excluding steroid dienone is 1. The zero-order chi connectivity index (χ0) is 20.5. The molecule has 29 heavy (non-hydrogen) atoms. The van der Waals surface area contributed by atoms with Gasteiger partial charge in [-0.05, 0) is 50.5 Å². The Morgan fingerprint density at radius 2 is 1.66 bits per heavy atom. The first-order valence-corrected chi connectivity index (χ1v) is 11.3. The van der Waals surface area contributed by atoms with Crippen molar-refractivity contribution in [3.8, 4) is 0 Å². The van der Waals surface area contributed by atoms with E-state index in [1.165, 1.54) is 19.3 Å². The molecule has 1 amide bonds. The maximum absolute atomic E-state index is 12.7. The fourth-order valence-electron chi connectivity index (χ4n) is 4.85. The number of benzene rings is 1. The number of nitrogens with zero attached hydrogens (tertiary/aromatic N) is 1. The summed E-state index contributed by atoms with van der Waals surface area (Å²) in [6, 6.07) is 10.1. The van der Waals surface area contributed by atoms with Crippen molar-refractivity contribution in [2.45, 2.75) is 89.3 Å². The second-order valence-corrected chi connectivity index (χ2v) is 8.56. The van der Waals surface area contributed by atoms with E-state index < -0.39 is 0 Å². The Labute approximate surface area is 175 Å². The lowest BCUT2D eigenvalue weighted by atomic mass is 9.85. The molecule has 3 rings (SSSR count). The van der Waals surface area contributed by atoms with E-state index in [1.807, 2.05) is 41.3 Å². The number of fused-ring (bicyclic) bond motifs is 2. The van der Waals surface area contributed by atoms with Crippen molar-refractivity contribution in [2.24, 2.45) is 5.92 Å². The molecule has 1 aromatic carbocycles. The van der Waals surface area contributed by atoms with Gasteiger partial charge in [0.2, 0.25) is 0 Å². The van der Waals surface area contributed by atoms with E-state index in [1.54, 1.807) is 0 Å². The van der Waals surface area contributed by atoms with E-state index in [4.69, 9.17) is 4.74 Å². The average Bonchev–Trinajstić information content (AvgIpc) is 3.01. The third-order valence-electron chi connectivity index (χ3n) is 6.44. The van der Waals surface area contributed by atoms with Crippen molar-refractivity contribution in [1.29, 1.82) is 0 Å². The maximum Gasteiger partial charge on any atom is 0.410 e. The van der Waals surface area contributed by atoms with Gasteiger partial charge < -0.3 is 9.64 Å². The van der Waals surface area contributed by atoms with Gasteiger partial charge in [-0.3, -0.25) is 4.79 Å². The Bertz CT molecular complexity index is 658. The molecule has 2 bridgehead atoms. The molecule has 2 heterocycles. The molecule has 0 radical (unpaired) electrons. The summed E-state index contributed by atoms with van der Waals surface area (Å²) in [6.45, 7) is 4.06. The van der Waals surface area contributed by atoms with Crippen LogP contribution in [0.1, 0.15) is 76.2 Å². The summed E-state index contributed by atoms with van der Waals surface area (Å²) < 4.78 is 5.56. The average molecular weight is 398 g/mol. The molecule has 0 spiro atoms. The summed E-state index contributed by atoms with van der Waals surface area (Å²) in [6.07, 6.45) is 13.0. The lowest BCUT2D eigenvalue weighted by Gasteiger charge is -2.37. The maximum atomic E-state index is 12.7. The minimum atomic E-state index is -0.216. The van der Waals surface area contributed by atoms with Crippen LogP contribution in [0.5, 0.6) is 0 Å². The zero-order valence-corrected chi connectivity index (χ0v) is 17.6. The standard InChI is InChI=1S/C25H35NO3/c1-2-3-4-5-6-7-11-14-24(27)21-17-22-15-16-23(18-21)26(22)25(28)29-19-20-12-9-8-10-13-20/h2,8-10,12-13,21-23H,1,3-7,11,14-19H2. The molecule has 2 unspecified atom stereocenters. The molecular formula is C25H35NO3. The highest BCUT2D eigenvalue weighted by molar-refractivity contribution is 5.81. The molecule has 4 heteroatoms. The molecule has 2 atom stereocenters. The summed E-state index contributed by atoms with van der Waals surface area (Å²) in [5, 5.41) is 0. The van der Waals surface area contributed by atoms with Gasteiger partial charge in [0, 0.05) is 24.4 Å². The zero-order valence-electron chi connectivity index (χ0n) is 17.6. The monoisotopic (exact) mass is 397 g/mol. The molecule has 1 aromatic rings. The van der Waals surface area contributed by atoms with E-state index >= 15 is 0 Å². The first-order valence-electron chi connectivity index (χ1n) is 11.3. The summed E-state index contributed by atoms with van der Waals surface area (Å²) >= 11 is 0. The van der Waals surface area contributed by atoms with Crippen LogP contribution in [-0.2, 0) is 16.1 Å². The van der Waals surface area contributed by atoms with Crippen molar-refractivity contribution in [3.05, 3.63) is 48.6 Å². The lowest BCUT2D eigenvalue weighted by Crippen LogP contribution is -2.48. The van der Waals surface area contributed by atoms with Gasteiger partial charge in [-0.2, -0.15) is 0 Å². The summed E-state index contributed by atoms with van der Waals surface area (Å²) in [5.74, 6) is 0.539.